The van der Waals surface area contributed by atoms with Crippen molar-refractivity contribution in [1.29, 1.82) is 5.26 Å². The first-order valence-electron chi connectivity index (χ1n) is 5.77. The SMILES string of the molecule is CN(C1(C#N)CCOC1)S(=O)(=O)c1cccc(F)c1F. The van der Waals surface area contributed by atoms with Crippen molar-refractivity contribution in [2.24, 2.45) is 0 Å². The molecule has 2 rings (SSSR count). The maximum absolute atomic E-state index is 13.7. The molecule has 5 nitrogen and oxygen atoms in total. The van der Waals surface area contributed by atoms with Gasteiger partial charge in [-0.2, -0.15) is 9.57 Å². The monoisotopic (exact) mass is 302 g/mol. The number of benzene rings is 1. The third kappa shape index (κ3) is 2.18. The van der Waals surface area contributed by atoms with E-state index < -0.39 is 32.1 Å². The highest BCUT2D eigenvalue weighted by molar-refractivity contribution is 7.89. The van der Waals surface area contributed by atoms with E-state index in [-0.39, 0.29) is 19.6 Å². The number of rotatable bonds is 3. The minimum atomic E-state index is -4.33. The fourth-order valence-electron chi connectivity index (χ4n) is 2.02. The molecule has 8 heteroatoms. The molecular weight excluding hydrogens is 290 g/mol. The Labute approximate surface area is 115 Å². The number of hydrogen-bond donors (Lipinski definition) is 0. The quantitative estimate of drug-likeness (QED) is 0.843. The summed E-state index contributed by atoms with van der Waals surface area (Å²) in [6.45, 7) is 0.134. The van der Waals surface area contributed by atoms with Gasteiger partial charge in [-0.1, -0.05) is 6.07 Å². The Bertz CT molecular complexity index is 664. The van der Waals surface area contributed by atoms with Crippen LogP contribution in [0.2, 0.25) is 0 Å². The van der Waals surface area contributed by atoms with Gasteiger partial charge >= 0.3 is 0 Å². The number of sulfonamides is 1. The molecule has 0 aliphatic carbocycles. The van der Waals surface area contributed by atoms with E-state index in [0.29, 0.717) is 0 Å². The third-order valence-corrected chi connectivity index (χ3v) is 5.31. The molecule has 0 amide bonds. The zero-order chi connectivity index (χ0) is 15.0. The fourth-order valence-corrected chi connectivity index (χ4v) is 3.54. The van der Waals surface area contributed by atoms with Crippen molar-refractivity contribution >= 4 is 10.0 Å². The van der Waals surface area contributed by atoms with Gasteiger partial charge in [0.25, 0.3) is 0 Å². The van der Waals surface area contributed by atoms with Crippen molar-refractivity contribution in [3.8, 4) is 6.07 Å². The van der Waals surface area contributed by atoms with E-state index >= 15 is 0 Å². The molecule has 1 aromatic carbocycles. The fraction of sp³-hybridized carbons (Fsp3) is 0.417. The number of nitriles is 1. The Morgan fingerprint density at radius 1 is 1.45 bits per heavy atom. The van der Waals surface area contributed by atoms with Crippen molar-refractivity contribution in [3.05, 3.63) is 29.8 Å². The summed E-state index contributed by atoms with van der Waals surface area (Å²) < 4.78 is 57.4. The molecule has 0 aromatic heterocycles. The van der Waals surface area contributed by atoms with Gasteiger partial charge in [-0.15, -0.1) is 0 Å². The van der Waals surface area contributed by atoms with Crippen LogP contribution in [-0.4, -0.2) is 38.5 Å². The van der Waals surface area contributed by atoms with Gasteiger partial charge < -0.3 is 4.74 Å². The minimum absolute atomic E-state index is 0.101. The molecule has 1 aromatic rings. The lowest BCUT2D eigenvalue weighted by Gasteiger charge is -2.30. The average molecular weight is 302 g/mol. The summed E-state index contributed by atoms with van der Waals surface area (Å²) in [6.07, 6.45) is 0.177. The Hall–Kier alpha value is -1.56. The van der Waals surface area contributed by atoms with Crippen LogP contribution in [0.3, 0.4) is 0 Å². The van der Waals surface area contributed by atoms with Gasteiger partial charge in [-0.25, -0.2) is 17.2 Å². The molecule has 0 bridgehead atoms. The van der Waals surface area contributed by atoms with E-state index in [2.05, 4.69) is 0 Å². The van der Waals surface area contributed by atoms with Crippen LogP contribution in [-0.2, 0) is 14.8 Å². The molecule has 1 atom stereocenters. The lowest BCUT2D eigenvalue weighted by molar-refractivity contribution is 0.162. The van der Waals surface area contributed by atoms with E-state index in [1.165, 1.54) is 0 Å². The summed E-state index contributed by atoms with van der Waals surface area (Å²) in [5.41, 5.74) is -1.39. The second-order valence-corrected chi connectivity index (χ2v) is 6.41. The van der Waals surface area contributed by atoms with E-state index in [1.807, 2.05) is 6.07 Å². The van der Waals surface area contributed by atoms with Gasteiger partial charge in [0.1, 0.15) is 10.4 Å². The molecule has 0 radical (unpaired) electrons. The number of hydrogen-bond acceptors (Lipinski definition) is 4. The zero-order valence-electron chi connectivity index (χ0n) is 10.6. The standard InChI is InChI=1S/C12H12F2N2O3S/c1-16(12(7-15)5-6-19-8-12)20(17,18)10-4-2-3-9(13)11(10)14/h2-4H,5-6,8H2,1H3. The number of likely N-dealkylation sites (N-methyl/N-ethyl adjacent to an activating group) is 1. The molecular formula is C12H12F2N2O3S. The maximum atomic E-state index is 13.7. The molecule has 1 saturated heterocycles. The smallest absolute Gasteiger partial charge is 0.247 e. The summed E-state index contributed by atoms with van der Waals surface area (Å²) >= 11 is 0. The van der Waals surface area contributed by atoms with E-state index in [1.54, 1.807) is 0 Å². The molecule has 1 fully saturated rings. The second kappa shape index (κ2) is 5.09. The second-order valence-electron chi connectivity index (χ2n) is 4.47. The number of ether oxygens (including phenoxy) is 1. The predicted molar refractivity (Wildman–Crippen MR) is 65.1 cm³/mol. The molecule has 108 valence electrons. The lowest BCUT2D eigenvalue weighted by atomic mass is 10.0. The highest BCUT2D eigenvalue weighted by Gasteiger charge is 2.46. The summed E-state index contributed by atoms with van der Waals surface area (Å²) in [7, 11) is -3.17. The van der Waals surface area contributed by atoms with Gasteiger partial charge in [0.15, 0.2) is 11.6 Å². The van der Waals surface area contributed by atoms with Crippen molar-refractivity contribution in [2.75, 3.05) is 20.3 Å². The van der Waals surface area contributed by atoms with Crippen LogP contribution in [0, 0.1) is 23.0 Å². The molecule has 1 heterocycles. The summed E-state index contributed by atoms with van der Waals surface area (Å²) in [6, 6.07) is 4.78. The molecule has 0 saturated carbocycles. The van der Waals surface area contributed by atoms with Crippen molar-refractivity contribution in [2.45, 2.75) is 16.9 Å². The predicted octanol–water partition coefficient (Wildman–Crippen LogP) is 1.27. The Kier molecular flexibility index (Phi) is 3.77. The normalized spacial score (nSPS) is 22.9. The summed E-state index contributed by atoms with van der Waals surface area (Å²) in [5.74, 6) is -2.71. The first kappa shape index (κ1) is 14.8. The first-order chi connectivity index (χ1) is 9.35. The van der Waals surface area contributed by atoms with Crippen LogP contribution in [0.4, 0.5) is 8.78 Å². The summed E-state index contributed by atoms with van der Waals surface area (Å²) in [4.78, 5) is -0.790. The van der Waals surface area contributed by atoms with Crippen molar-refractivity contribution < 1.29 is 21.9 Å². The van der Waals surface area contributed by atoms with Gasteiger partial charge in [0.2, 0.25) is 10.0 Å². The van der Waals surface area contributed by atoms with E-state index in [0.717, 1.165) is 29.6 Å². The molecule has 20 heavy (non-hydrogen) atoms. The van der Waals surface area contributed by atoms with Crippen LogP contribution >= 0.6 is 0 Å². The highest BCUT2D eigenvalue weighted by Crippen LogP contribution is 2.31. The maximum Gasteiger partial charge on any atom is 0.247 e. The summed E-state index contributed by atoms with van der Waals surface area (Å²) in [5, 5.41) is 9.22. The van der Waals surface area contributed by atoms with Gasteiger partial charge in [-0.3, -0.25) is 0 Å². The van der Waals surface area contributed by atoms with Crippen LogP contribution < -0.4 is 0 Å². The van der Waals surface area contributed by atoms with Crippen LogP contribution in [0.15, 0.2) is 23.1 Å². The Morgan fingerprint density at radius 2 is 2.15 bits per heavy atom. The number of halogens is 2. The molecule has 0 spiro atoms. The third-order valence-electron chi connectivity index (χ3n) is 3.37. The van der Waals surface area contributed by atoms with Crippen molar-refractivity contribution in [1.82, 2.24) is 4.31 Å². The molecule has 0 N–H and O–H groups in total. The van der Waals surface area contributed by atoms with Crippen molar-refractivity contribution in [3.63, 3.8) is 0 Å². The van der Waals surface area contributed by atoms with E-state index in [4.69, 9.17) is 4.74 Å². The lowest BCUT2D eigenvalue weighted by Crippen LogP contribution is -2.49. The van der Waals surface area contributed by atoms with Gasteiger partial charge in [-0.05, 0) is 12.1 Å². The van der Waals surface area contributed by atoms with Crippen LogP contribution in [0.5, 0.6) is 0 Å². The van der Waals surface area contributed by atoms with Gasteiger partial charge in [0, 0.05) is 20.1 Å². The minimum Gasteiger partial charge on any atom is -0.378 e. The molecule has 1 aliphatic rings. The first-order valence-corrected chi connectivity index (χ1v) is 7.21. The highest BCUT2D eigenvalue weighted by atomic mass is 32.2. The molecule has 1 unspecified atom stereocenters. The average Bonchev–Trinajstić information content (AvgIpc) is 2.90. The van der Waals surface area contributed by atoms with Crippen LogP contribution in [0.25, 0.3) is 0 Å². The zero-order valence-corrected chi connectivity index (χ0v) is 11.5. The van der Waals surface area contributed by atoms with Crippen LogP contribution in [0.1, 0.15) is 6.42 Å². The molecule has 1 aliphatic heterocycles. The topological polar surface area (TPSA) is 70.4 Å². The Morgan fingerprint density at radius 3 is 2.70 bits per heavy atom. The van der Waals surface area contributed by atoms with Gasteiger partial charge in [0.05, 0.1) is 12.7 Å². The van der Waals surface area contributed by atoms with E-state index in [9.17, 15) is 22.5 Å². The Balaban J connectivity index is 2.50. The number of nitrogens with zero attached hydrogens (tertiary/aromatic N) is 2. The largest absolute Gasteiger partial charge is 0.378 e.